The lowest BCUT2D eigenvalue weighted by Crippen LogP contribution is -2.20. The molecule has 1 aliphatic heterocycles. The van der Waals surface area contributed by atoms with Gasteiger partial charge in [0, 0.05) is 13.6 Å². The highest BCUT2D eigenvalue weighted by atomic mass is 15.4. The van der Waals surface area contributed by atoms with Crippen molar-refractivity contribution in [3.8, 4) is 0 Å². The number of aromatic nitrogens is 3. The molecule has 12 heavy (non-hydrogen) atoms. The Labute approximate surface area is 71.3 Å². The largest absolute Gasteiger partial charge is 0.313 e. The molecule has 0 saturated carbocycles. The van der Waals surface area contributed by atoms with E-state index < -0.39 is 0 Å². The van der Waals surface area contributed by atoms with Gasteiger partial charge in [-0.25, -0.2) is 4.68 Å². The Morgan fingerprint density at radius 2 is 2.50 bits per heavy atom. The van der Waals surface area contributed by atoms with Gasteiger partial charge in [0.05, 0.1) is 11.9 Å². The van der Waals surface area contributed by atoms with E-state index in [9.17, 15) is 0 Å². The molecular formula is C8H12N4. The van der Waals surface area contributed by atoms with Gasteiger partial charge in [0.15, 0.2) is 0 Å². The molecule has 1 aromatic heterocycles. The van der Waals surface area contributed by atoms with E-state index >= 15 is 0 Å². The zero-order valence-corrected chi connectivity index (χ0v) is 7.12. The van der Waals surface area contributed by atoms with Crippen LogP contribution in [0.3, 0.4) is 0 Å². The quantitative estimate of drug-likeness (QED) is 0.644. The molecular weight excluding hydrogens is 152 g/mol. The molecule has 2 heterocycles. The highest BCUT2D eigenvalue weighted by Crippen LogP contribution is 2.16. The van der Waals surface area contributed by atoms with Gasteiger partial charge in [0.25, 0.3) is 0 Å². The van der Waals surface area contributed by atoms with Crippen LogP contribution in [-0.2, 0) is 7.05 Å². The molecule has 0 atom stereocenters. The van der Waals surface area contributed by atoms with E-state index in [0.717, 1.165) is 25.2 Å². The molecule has 0 aliphatic carbocycles. The molecule has 0 amide bonds. The molecule has 0 unspecified atom stereocenters. The summed E-state index contributed by atoms with van der Waals surface area (Å²) >= 11 is 0. The minimum absolute atomic E-state index is 0.959. The fourth-order valence-electron chi connectivity index (χ4n) is 1.44. The third kappa shape index (κ3) is 1.25. The first kappa shape index (κ1) is 7.49. The zero-order valence-electron chi connectivity index (χ0n) is 7.12. The number of nitrogens with zero attached hydrogens (tertiary/aromatic N) is 3. The Bertz CT molecular complexity index is 300. The topological polar surface area (TPSA) is 42.7 Å². The van der Waals surface area contributed by atoms with Crippen LogP contribution in [-0.4, -0.2) is 28.1 Å². The Morgan fingerprint density at radius 3 is 3.08 bits per heavy atom. The average molecular weight is 164 g/mol. The van der Waals surface area contributed by atoms with Crippen molar-refractivity contribution in [1.29, 1.82) is 0 Å². The van der Waals surface area contributed by atoms with Crippen molar-refractivity contribution in [3.63, 3.8) is 0 Å². The summed E-state index contributed by atoms with van der Waals surface area (Å²) in [6.45, 7) is 2.01. The third-order valence-electron chi connectivity index (χ3n) is 2.11. The summed E-state index contributed by atoms with van der Waals surface area (Å²) in [6, 6.07) is 0. The molecule has 2 rings (SSSR count). The van der Waals surface area contributed by atoms with Crippen molar-refractivity contribution in [2.45, 2.75) is 6.42 Å². The Kier molecular flexibility index (Phi) is 1.91. The predicted molar refractivity (Wildman–Crippen MR) is 46.5 cm³/mol. The summed E-state index contributed by atoms with van der Waals surface area (Å²) in [5, 5.41) is 11.0. The molecule has 0 radical (unpaired) electrons. The van der Waals surface area contributed by atoms with E-state index in [0.29, 0.717) is 0 Å². The second-order valence-corrected chi connectivity index (χ2v) is 2.93. The van der Waals surface area contributed by atoms with Gasteiger partial charge in [0.1, 0.15) is 0 Å². The number of rotatable bonds is 1. The van der Waals surface area contributed by atoms with Crippen LogP contribution >= 0.6 is 0 Å². The fraction of sp³-hybridized carbons (Fsp3) is 0.500. The first-order chi connectivity index (χ1) is 5.88. The van der Waals surface area contributed by atoms with E-state index in [2.05, 4.69) is 21.7 Å². The number of hydrogen-bond donors (Lipinski definition) is 1. The van der Waals surface area contributed by atoms with Gasteiger partial charge in [-0.1, -0.05) is 11.3 Å². The molecule has 0 saturated heterocycles. The summed E-state index contributed by atoms with van der Waals surface area (Å²) < 4.78 is 1.82. The number of nitrogens with one attached hydrogen (secondary N) is 1. The highest BCUT2D eigenvalue weighted by Gasteiger charge is 2.08. The number of aryl methyl sites for hydroxylation is 1. The summed E-state index contributed by atoms with van der Waals surface area (Å²) in [5.41, 5.74) is 2.48. The van der Waals surface area contributed by atoms with E-state index in [-0.39, 0.29) is 0 Å². The van der Waals surface area contributed by atoms with Gasteiger partial charge >= 0.3 is 0 Å². The van der Waals surface area contributed by atoms with E-state index in [1.807, 2.05) is 17.9 Å². The molecule has 0 fully saturated rings. The fourth-order valence-corrected chi connectivity index (χ4v) is 1.44. The second-order valence-electron chi connectivity index (χ2n) is 2.93. The van der Waals surface area contributed by atoms with Crippen molar-refractivity contribution in [2.24, 2.45) is 7.05 Å². The van der Waals surface area contributed by atoms with Crippen LogP contribution in [0.15, 0.2) is 12.3 Å². The Balaban J connectivity index is 2.29. The van der Waals surface area contributed by atoms with Crippen LogP contribution in [0.1, 0.15) is 12.1 Å². The molecule has 0 spiro atoms. The van der Waals surface area contributed by atoms with Crippen LogP contribution in [0.2, 0.25) is 0 Å². The normalized spacial score (nSPS) is 17.6. The van der Waals surface area contributed by atoms with Gasteiger partial charge in [0.2, 0.25) is 0 Å². The lowest BCUT2D eigenvalue weighted by Gasteiger charge is -2.12. The van der Waals surface area contributed by atoms with Crippen LogP contribution in [0.4, 0.5) is 0 Å². The lowest BCUT2D eigenvalue weighted by atomic mass is 10.1. The van der Waals surface area contributed by atoms with Crippen LogP contribution in [0.5, 0.6) is 0 Å². The van der Waals surface area contributed by atoms with Crippen molar-refractivity contribution < 1.29 is 0 Å². The van der Waals surface area contributed by atoms with E-state index in [4.69, 9.17) is 0 Å². The molecule has 1 aliphatic rings. The first-order valence-electron chi connectivity index (χ1n) is 4.13. The standard InChI is InChI=1S/C8H12N4/c1-12-8(6-10-11-12)7-2-4-9-5-3-7/h2,6,9H,3-5H2,1H3. The summed E-state index contributed by atoms with van der Waals surface area (Å²) in [5.74, 6) is 0. The second kappa shape index (κ2) is 3.06. The molecule has 1 aromatic rings. The van der Waals surface area contributed by atoms with Crippen molar-refractivity contribution in [3.05, 3.63) is 18.0 Å². The molecule has 4 heteroatoms. The van der Waals surface area contributed by atoms with Crippen LogP contribution in [0.25, 0.3) is 5.57 Å². The molecule has 0 bridgehead atoms. The SMILES string of the molecule is Cn1nncc1C1=CCNCC1. The average Bonchev–Trinajstić information content (AvgIpc) is 2.53. The maximum absolute atomic E-state index is 3.90. The summed E-state index contributed by atoms with van der Waals surface area (Å²) in [7, 11) is 1.92. The van der Waals surface area contributed by atoms with Crippen molar-refractivity contribution in [2.75, 3.05) is 13.1 Å². The van der Waals surface area contributed by atoms with E-state index in [1.54, 1.807) is 0 Å². The van der Waals surface area contributed by atoms with Gasteiger partial charge < -0.3 is 5.32 Å². The zero-order chi connectivity index (χ0) is 8.39. The van der Waals surface area contributed by atoms with Crippen LogP contribution in [0, 0.1) is 0 Å². The van der Waals surface area contributed by atoms with Gasteiger partial charge in [-0.2, -0.15) is 0 Å². The Hall–Kier alpha value is -1.16. The Morgan fingerprint density at radius 1 is 1.58 bits per heavy atom. The van der Waals surface area contributed by atoms with Gasteiger partial charge in [-0.15, -0.1) is 5.10 Å². The third-order valence-corrected chi connectivity index (χ3v) is 2.11. The maximum atomic E-state index is 3.90. The minimum atomic E-state index is 0.959. The predicted octanol–water partition coefficient (Wildman–Crippen LogP) is 0.192. The maximum Gasteiger partial charge on any atom is 0.0839 e. The van der Waals surface area contributed by atoms with Gasteiger partial charge in [-0.3, -0.25) is 0 Å². The molecule has 1 N–H and O–H groups in total. The lowest BCUT2D eigenvalue weighted by molar-refractivity contribution is 0.691. The van der Waals surface area contributed by atoms with E-state index in [1.165, 1.54) is 5.57 Å². The monoisotopic (exact) mass is 164 g/mol. The minimum Gasteiger partial charge on any atom is -0.313 e. The highest BCUT2D eigenvalue weighted by molar-refractivity contribution is 5.63. The van der Waals surface area contributed by atoms with Crippen molar-refractivity contribution in [1.82, 2.24) is 20.3 Å². The molecule has 4 nitrogen and oxygen atoms in total. The summed E-state index contributed by atoms with van der Waals surface area (Å²) in [6.07, 6.45) is 5.08. The van der Waals surface area contributed by atoms with Crippen LogP contribution < -0.4 is 5.32 Å². The first-order valence-corrected chi connectivity index (χ1v) is 4.13. The molecule has 64 valence electrons. The molecule has 0 aromatic carbocycles. The number of hydrogen-bond acceptors (Lipinski definition) is 3. The summed E-state index contributed by atoms with van der Waals surface area (Å²) in [4.78, 5) is 0. The smallest absolute Gasteiger partial charge is 0.0839 e. The van der Waals surface area contributed by atoms with Gasteiger partial charge in [-0.05, 0) is 18.5 Å². The van der Waals surface area contributed by atoms with Crippen molar-refractivity contribution >= 4 is 5.57 Å².